The summed E-state index contributed by atoms with van der Waals surface area (Å²) in [7, 11) is 0. The van der Waals surface area contributed by atoms with Gasteiger partial charge >= 0.3 is 0 Å². The van der Waals surface area contributed by atoms with Crippen molar-refractivity contribution >= 4 is 51.9 Å². The average Bonchev–Trinajstić information content (AvgIpc) is 2.89. The lowest BCUT2D eigenvalue weighted by molar-refractivity contribution is -0.122. The molecular weight excluding hydrogens is 368 g/mol. The molecule has 0 radical (unpaired) electrons. The average molecular weight is 384 g/mol. The second-order valence-electron chi connectivity index (χ2n) is 5.59. The van der Waals surface area contributed by atoms with Crippen LogP contribution in [-0.4, -0.2) is 32.7 Å². The first-order chi connectivity index (χ1) is 12.5. The van der Waals surface area contributed by atoms with Gasteiger partial charge in [-0.1, -0.05) is 54.3 Å². The molecule has 5 nitrogen and oxygen atoms in total. The molecule has 1 aliphatic heterocycles. The van der Waals surface area contributed by atoms with Crippen LogP contribution in [0.1, 0.15) is 12.0 Å². The molecule has 1 saturated heterocycles. The fraction of sp³-hybridized carbons (Fsp3) is 0.105. The van der Waals surface area contributed by atoms with Gasteiger partial charge in [0.2, 0.25) is 5.91 Å². The van der Waals surface area contributed by atoms with Crippen LogP contribution in [0.4, 0.5) is 5.69 Å². The summed E-state index contributed by atoms with van der Waals surface area (Å²) in [4.78, 5) is 26.6. The molecule has 2 aromatic rings. The van der Waals surface area contributed by atoms with Crippen LogP contribution in [0.25, 0.3) is 6.08 Å². The molecule has 0 aliphatic carbocycles. The normalized spacial score (nSPS) is 15.5. The molecule has 0 bridgehead atoms. The van der Waals surface area contributed by atoms with Crippen molar-refractivity contribution in [3.8, 4) is 5.75 Å². The number of carbonyl (C=O) groups is 2. The van der Waals surface area contributed by atoms with Crippen LogP contribution >= 0.6 is 24.0 Å². The maximum absolute atomic E-state index is 12.5. The van der Waals surface area contributed by atoms with Crippen molar-refractivity contribution in [2.75, 3.05) is 11.9 Å². The lowest BCUT2D eigenvalue weighted by atomic mass is 10.2. The Morgan fingerprint density at radius 3 is 2.54 bits per heavy atom. The molecule has 1 fully saturated rings. The SMILES string of the molecule is O=C(CCN1C(=O)C(=Cc2ccccc2)SC1=S)Nc1ccc(O)cc1. The molecule has 0 aromatic heterocycles. The Morgan fingerprint density at radius 2 is 1.85 bits per heavy atom. The molecule has 26 heavy (non-hydrogen) atoms. The summed E-state index contributed by atoms with van der Waals surface area (Å²) < 4.78 is 0.453. The largest absolute Gasteiger partial charge is 0.508 e. The lowest BCUT2D eigenvalue weighted by Crippen LogP contribution is -2.31. The molecule has 2 amide bonds. The number of anilines is 1. The van der Waals surface area contributed by atoms with Crippen molar-refractivity contribution in [1.82, 2.24) is 4.90 Å². The number of nitrogens with one attached hydrogen (secondary N) is 1. The van der Waals surface area contributed by atoms with Gasteiger partial charge in [0.25, 0.3) is 5.91 Å². The van der Waals surface area contributed by atoms with E-state index in [1.165, 1.54) is 28.8 Å². The highest BCUT2D eigenvalue weighted by Crippen LogP contribution is 2.32. The zero-order chi connectivity index (χ0) is 18.5. The van der Waals surface area contributed by atoms with Crippen molar-refractivity contribution in [1.29, 1.82) is 0 Å². The second-order valence-corrected chi connectivity index (χ2v) is 7.26. The van der Waals surface area contributed by atoms with E-state index in [2.05, 4.69) is 5.32 Å². The summed E-state index contributed by atoms with van der Waals surface area (Å²) in [6.07, 6.45) is 1.93. The van der Waals surface area contributed by atoms with Crippen molar-refractivity contribution < 1.29 is 14.7 Å². The number of nitrogens with zero attached hydrogens (tertiary/aromatic N) is 1. The standard InChI is InChI=1S/C19H16N2O3S2/c22-15-8-6-14(7-9-15)20-17(23)10-11-21-18(24)16(26-19(21)25)12-13-4-2-1-3-5-13/h1-9,12,22H,10-11H2,(H,20,23). The lowest BCUT2D eigenvalue weighted by Gasteiger charge is -2.14. The molecular formula is C19H16N2O3S2. The minimum atomic E-state index is -0.225. The van der Waals surface area contributed by atoms with Crippen molar-refractivity contribution in [3.63, 3.8) is 0 Å². The zero-order valence-electron chi connectivity index (χ0n) is 13.7. The summed E-state index contributed by atoms with van der Waals surface area (Å²) in [5.74, 6) is -0.274. The number of benzene rings is 2. The van der Waals surface area contributed by atoms with E-state index in [9.17, 15) is 14.7 Å². The third-order valence-electron chi connectivity index (χ3n) is 3.68. The fourth-order valence-corrected chi connectivity index (χ4v) is 3.68. The summed E-state index contributed by atoms with van der Waals surface area (Å²) >= 11 is 6.52. The number of phenols is 1. The Morgan fingerprint density at radius 1 is 1.15 bits per heavy atom. The number of hydrogen-bond acceptors (Lipinski definition) is 5. The van der Waals surface area contributed by atoms with Crippen molar-refractivity contribution in [2.45, 2.75) is 6.42 Å². The highest BCUT2D eigenvalue weighted by molar-refractivity contribution is 8.26. The summed E-state index contributed by atoms with van der Waals surface area (Å²) in [6, 6.07) is 15.7. The highest BCUT2D eigenvalue weighted by Gasteiger charge is 2.32. The molecule has 2 N–H and O–H groups in total. The van der Waals surface area contributed by atoms with E-state index >= 15 is 0 Å². The third-order valence-corrected chi connectivity index (χ3v) is 5.06. The van der Waals surface area contributed by atoms with Gasteiger partial charge in [0, 0.05) is 18.7 Å². The predicted molar refractivity (Wildman–Crippen MR) is 108 cm³/mol. The van der Waals surface area contributed by atoms with Gasteiger partial charge in [-0.3, -0.25) is 14.5 Å². The second kappa shape index (κ2) is 8.16. The number of carbonyl (C=O) groups excluding carboxylic acids is 2. The predicted octanol–water partition coefficient (Wildman–Crippen LogP) is 3.62. The van der Waals surface area contributed by atoms with E-state index in [1.807, 2.05) is 30.3 Å². The van der Waals surface area contributed by atoms with Gasteiger partial charge in [-0.25, -0.2) is 0 Å². The molecule has 0 atom stereocenters. The zero-order valence-corrected chi connectivity index (χ0v) is 15.3. The monoisotopic (exact) mass is 384 g/mol. The smallest absolute Gasteiger partial charge is 0.266 e. The molecule has 0 saturated carbocycles. The van der Waals surface area contributed by atoms with E-state index in [0.717, 1.165) is 5.56 Å². The maximum atomic E-state index is 12.5. The van der Waals surface area contributed by atoms with Crippen LogP contribution in [0.3, 0.4) is 0 Å². The van der Waals surface area contributed by atoms with Gasteiger partial charge in [0.05, 0.1) is 4.91 Å². The summed E-state index contributed by atoms with van der Waals surface area (Å²) in [5.41, 5.74) is 1.51. The van der Waals surface area contributed by atoms with E-state index in [-0.39, 0.29) is 30.5 Å². The molecule has 0 spiro atoms. The van der Waals surface area contributed by atoms with Crippen LogP contribution in [0.2, 0.25) is 0 Å². The summed E-state index contributed by atoms with van der Waals surface area (Å²) in [6.45, 7) is 0.223. The van der Waals surface area contributed by atoms with Gasteiger partial charge in [-0.15, -0.1) is 0 Å². The number of aromatic hydroxyl groups is 1. The van der Waals surface area contributed by atoms with Crippen LogP contribution in [-0.2, 0) is 9.59 Å². The van der Waals surface area contributed by atoms with Gasteiger partial charge in [0.1, 0.15) is 10.1 Å². The third kappa shape index (κ3) is 4.50. The Bertz CT molecular complexity index is 864. The molecule has 3 rings (SSSR count). The fourth-order valence-electron chi connectivity index (χ4n) is 2.38. The number of amides is 2. The molecule has 2 aromatic carbocycles. The van der Waals surface area contributed by atoms with E-state index in [1.54, 1.807) is 18.2 Å². The number of phenolic OH excluding ortho intramolecular Hbond substituents is 1. The van der Waals surface area contributed by atoms with Crippen LogP contribution in [0.5, 0.6) is 5.75 Å². The Kier molecular flexibility index (Phi) is 5.70. The molecule has 7 heteroatoms. The number of hydrogen-bond donors (Lipinski definition) is 2. The number of thiocarbonyl (C=S) groups is 1. The first-order valence-electron chi connectivity index (χ1n) is 7.92. The van der Waals surface area contributed by atoms with Crippen LogP contribution in [0.15, 0.2) is 59.5 Å². The van der Waals surface area contributed by atoms with Crippen molar-refractivity contribution in [2.24, 2.45) is 0 Å². The first kappa shape index (κ1) is 18.2. The van der Waals surface area contributed by atoms with Gasteiger partial charge < -0.3 is 10.4 Å². The first-order valence-corrected chi connectivity index (χ1v) is 9.15. The Hall–Kier alpha value is -2.64. The van der Waals surface area contributed by atoms with Gasteiger partial charge in [0.15, 0.2) is 0 Å². The minimum absolute atomic E-state index is 0.130. The molecule has 1 heterocycles. The quantitative estimate of drug-likeness (QED) is 0.468. The minimum Gasteiger partial charge on any atom is -0.508 e. The maximum Gasteiger partial charge on any atom is 0.266 e. The van der Waals surface area contributed by atoms with Gasteiger partial charge in [-0.05, 0) is 35.9 Å². The van der Waals surface area contributed by atoms with Crippen molar-refractivity contribution in [3.05, 3.63) is 65.1 Å². The Labute approximate surface area is 160 Å². The molecule has 1 aliphatic rings. The molecule has 0 unspecified atom stereocenters. The summed E-state index contributed by atoms with van der Waals surface area (Å²) in [5, 5.41) is 12.0. The van der Waals surface area contributed by atoms with E-state index in [4.69, 9.17) is 12.2 Å². The Balaban J connectivity index is 1.58. The van der Waals surface area contributed by atoms with Gasteiger partial charge in [-0.2, -0.15) is 0 Å². The van der Waals surface area contributed by atoms with Crippen LogP contribution < -0.4 is 5.32 Å². The highest BCUT2D eigenvalue weighted by atomic mass is 32.2. The number of thioether (sulfide) groups is 1. The van der Waals surface area contributed by atoms with E-state index < -0.39 is 0 Å². The van der Waals surface area contributed by atoms with E-state index in [0.29, 0.717) is 14.9 Å². The topological polar surface area (TPSA) is 69.6 Å². The van der Waals surface area contributed by atoms with Crippen LogP contribution in [0, 0.1) is 0 Å². The number of rotatable bonds is 5. The molecule has 132 valence electrons.